The number of nitrogens with zero attached hydrogens (tertiary/aromatic N) is 3. The van der Waals surface area contributed by atoms with E-state index in [9.17, 15) is 14.9 Å². The number of nitrogens with one attached hydrogen (secondary N) is 1. The van der Waals surface area contributed by atoms with Gasteiger partial charge in [0.15, 0.2) is 0 Å². The van der Waals surface area contributed by atoms with Gasteiger partial charge in [-0.05, 0) is 52.7 Å². The van der Waals surface area contributed by atoms with Crippen molar-refractivity contribution < 1.29 is 14.5 Å². The molecular formula is C23H16N4O4. The van der Waals surface area contributed by atoms with Gasteiger partial charge in [0.25, 0.3) is 11.6 Å². The molecule has 1 amide bonds. The number of fused-ring (bicyclic) bond motifs is 1. The summed E-state index contributed by atoms with van der Waals surface area (Å²) in [5, 5.41) is 16.7. The summed E-state index contributed by atoms with van der Waals surface area (Å²) in [7, 11) is 0. The Morgan fingerprint density at radius 2 is 1.77 bits per heavy atom. The van der Waals surface area contributed by atoms with Crippen LogP contribution < -0.4 is 10.2 Å². The quantitative estimate of drug-likeness (QED) is 0.281. The lowest BCUT2D eigenvalue weighted by atomic mass is 10.1. The second-order valence-electron chi connectivity index (χ2n) is 6.54. The standard InChI is InChI=1S/C23H16N4O4/c28-23(19-8-7-17-3-1-2-4-18(17)13-19)26-25-14-16-5-10-21(11-6-16)31-22-12-9-20(15-24-22)27(29)30/h1-15H,(H,26,28)/b25-14-. The van der Waals surface area contributed by atoms with Crippen molar-refractivity contribution in [1.82, 2.24) is 10.4 Å². The number of rotatable bonds is 6. The molecule has 0 saturated carbocycles. The fraction of sp³-hybridized carbons (Fsp3) is 0. The van der Waals surface area contributed by atoms with Crippen LogP contribution in [0.4, 0.5) is 5.69 Å². The highest BCUT2D eigenvalue weighted by atomic mass is 16.6. The summed E-state index contributed by atoms with van der Waals surface area (Å²) in [5.41, 5.74) is 3.68. The number of benzene rings is 3. The average molecular weight is 412 g/mol. The number of amides is 1. The van der Waals surface area contributed by atoms with Crippen molar-refractivity contribution in [2.24, 2.45) is 5.10 Å². The van der Waals surface area contributed by atoms with Gasteiger partial charge in [0.2, 0.25) is 5.88 Å². The van der Waals surface area contributed by atoms with Crippen LogP contribution in [0.25, 0.3) is 10.8 Å². The van der Waals surface area contributed by atoms with Gasteiger partial charge in [-0.25, -0.2) is 10.4 Å². The highest BCUT2D eigenvalue weighted by Gasteiger charge is 2.07. The number of carbonyl (C=O) groups is 1. The minimum absolute atomic E-state index is 0.107. The SMILES string of the molecule is O=C(N/N=C\c1ccc(Oc2ccc([N+](=O)[O-])cn2)cc1)c1ccc2ccccc2c1. The highest BCUT2D eigenvalue weighted by Crippen LogP contribution is 2.21. The summed E-state index contributed by atoms with van der Waals surface area (Å²) in [5.74, 6) is 0.458. The molecule has 0 saturated heterocycles. The van der Waals surface area contributed by atoms with Gasteiger partial charge in [0, 0.05) is 17.7 Å². The van der Waals surface area contributed by atoms with Crippen LogP contribution in [0.2, 0.25) is 0 Å². The molecule has 8 heteroatoms. The first-order chi connectivity index (χ1) is 15.1. The number of nitro groups is 1. The summed E-state index contributed by atoms with van der Waals surface area (Å²) >= 11 is 0. The molecule has 1 aromatic heterocycles. The first kappa shape index (κ1) is 19.7. The van der Waals surface area contributed by atoms with E-state index in [1.807, 2.05) is 36.4 Å². The van der Waals surface area contributed by atoms with Crippen molar-refractivity contribution in [3.8, 4) is 11.6 Å². The summed E-state index contributed by atoms with van der Waals surface area (Å²) in [6, 6.07) is 22.9. The van der Waals surface area contributed by atoms with Crippen molar-refractivity contribution in [1.29, 1.82) is 0 Å². The summed E-state index contributed by atoms with van der Waals surface area (Å²) < 4.78 is 5.56. The molecule has 0 radical (unpaired) electrons. The molecule has 0 aliphatic heterocycles. The van der Waals surface area contributed by atoms with Crippen LogP contribution in [-0.4, -0.2) is 22.0 Å². The van der Waals surface area contributed by atoms with Gasteiger partial charge in [-0.3, -0.25) is 14.9 Å². The second-order valence-corrected chi connectivity index (χ2v) is 6.54. The van der Waals surface area contributed by atoms with E-state index in [4.69, 9.17) is 4.74 Å². The predicted molar refractivity (Wildman–Crippen MR) is 116 cm³/mol. The van der Waals surface area contributed by atoms with E-state index in [0.717, 1.165) is 22.5 Å². The van der Waals surface area contributed by atoms with Crippen LogP contribution in [0.15, 0.2) is 90.2 Å². The average Bonchev–Trinajstić information content (AvgIpc) is 2.80. The Morgan fingerprint density at radius 1 is 1.00 bits per heavy atom. The van der Waals surface area contributed by atoms with E-state index in [1.54, 1.807) is 30.3 Å². The zero-order valence-corrected chi connectivity index (χ0v) is 16.1. The van der Waals surface area contributed by atoms with E-state index >= 15 is 0 Å². The molecule has 4 aromatic rings. The molecule has 0 aliphatic carbocycles. The van der Waals surface area contributed by atoms with E-state index in [2.05, 4.69) is 15.5 Å². The Kier molecular flexibility index (Phi) is 5.62. The fourth-order valence-electron chi connectivity index (χ4n) is 2.84. The van der Waals surface area contributed by atoms with Crippen molar-refractivity contribution >= 4 is 28.6 Å². The lowest BCUT2D eigenvalue weighted by molar-refractivity contribution is -0.385. The number of hydrazone groups is 1. The van der Waals surface area contributed by atoms with Crippen molar-refractivity contribution in [2.75, 3.05) is 0 Å². The van der Waals surface area contributed by atoms with Crippen molar-refractivity contribution in [3.63, 3.8) is 0 Å². The number of pyridine rings is 1. The molecule has 1 N–H and O–H groups in total. The molecule has 4 rings (SSSR count). The number of hydrogen-bond donors (Lipinski definition) is 1. The van der Waals surface area contributed by atoms with E-state index in [-0.39, 0.29) is 17.5 Å². The number of ether oxygens (including phenoxy) is 1. The van der Waals surface area contributed by atoms with Gasteiger partial charge in [0.05, 0.1) is 11.1 Å². The zero-order chi connectivity index (χ0) is 21.6. The summed E-state index contributed by atoms with van der Waals surface area (Å²) in [6.45, 7) is 0. The van der Waals surface area contributed by atoms with Crippen LogP contribution in [0, 0.1) is 10.1 Å². The van der Waals surface area contributed by atoms with E-state index in [1.165, 1.54) is 18.3 Å². The van der Waals surface area contributed by atoms with Crippen LogP contribution in [0.5, 0.6) is 11.6 Å². The van der Waals surface area contributed by atoms with Gasteiger partial charge in [-0.2, -0.15) is 5.10 Å². The monoisotopic (exact) mass is 412 g/mol. The topological polar surface area (TPSA) is 107 Å². The maximum atomic E-state index is 12.3. The third kappa shape index (κ3) is 4.88. The normalized spacial score (nSPS) is 10.8. The molecule has 8 nitrogen and oxygen atoms in total. The lowest BCUT2D eigenvalue weighted by Crippen LogP contribution is -2.17. The molecule has 1 heterocycles. The largest absolute Gasteiger partial charge is 0.439 e. The summed E-state index contributed by atoms with van der Waals surface area (Å²) in [4.78, 5) is 26.3. The Labute approximate surface area is 177 Å². The number of hydrogen-bond acceptors (Lipinski definition) is 6. The van der Waals surface area contributed by atoms with Crippen LogP contribution in [0.1, 0.15) is 15.9 Å². The van der Waals surface area contributed by atoms with Crippen molar-refractivity contribution in [3.05, 3.63) is 106 Å². The van der Waals surface area contributed by atoms with Crippen LogP contribution in [-0.2, 0) is 0 Å². The Balaban J connectivity index is 1.35. The third-order valence-corrected chi connectivity index (χ3v) is 4.43. The molecule has 0 unspecified atom stereocenters. The Bertz CT molecular complexity index is 1270. The molecule has 0 bridgehead atoms. The molecule has 0 aliphatic rings. The van der Waals surface area contributed by atoms with E-state index in [0.29, 0.717) is 11.3 Å². The maximum Gasteiger partial charge on any atom is 0.287 e. The number of aromatic nitrogens is 1. The molecule has 0 fully saturated rings. The minimum atomic E-state index is -0.524. The van der Waals surface area contributed by atoms with Crippen molar-refractivity contribution in [2.45, 2.75) is 0 Å². The van der Waals surface area contributed by atoms with Gasteiger partial charge in [-0.1, -0.05) is 30.3 Å². The van der Waals surface area contributed by atoms with Gasteiger partial charge >= 0.3 is 0 Å². The first-order valence-electron chi connectivity index (χ1n) is 9.29. The highest BCUT2D eigenvalue weighted by molar-refractivity contribution is 5.98. The number of carbonyl (C=O) groups excluding carboxylic acids is 1. The third-order valence-electron chi connectivity index (χ3n) is 4.43. The Morgan fingerprint density at radius 3 is 2.48 bits per heavy atom. The van der Waals surface area contributed by atoms with Crippen LogP contribution >= 0.6 is 0 Å². The van der Waals surface area contributed by atoms with Crippen LogP contribution in [0.3, 0.4) is 0 Å². The first-order valence-corrected chi connectivity index (χ1v) is 9.29. The molecule has 31 heavy (non-hydrogen) atoms. The van der Waals surface area contributed by atoms with Gasteiger partial charge in [0.1, 0.15) is 11.9 Å². The second kappa shape index (κ2) is 8.83. The lowest BCUT2D eigenvalue weighted by Gasteiger charge is -2.04. The molecular weight excluding hydrogens is 396 g/mol. The van der Waals surface area contributed by atoms with E-state index < -0.39 is 4.92 Å². The fourth-order valence-corrected chi connectivity index (χ4v) is 2.84. The maximum absolute atomic E-state index is 12.3. The Hall–Kier alpha value is -4.59. The predicted octanol–water partition coefficient (Wildman–Crippen LogP) is 4.70. The van der Waals surface area contributed by atoms with Gasteiger partial charge in [-0.15, -0.1) is 0 Å². The zero-order valence-electron chi connectivity index (χ0n) is 16.1. The minimum Gasteiger partial charge on any atom is -0.439 e. The molecule has 3 aromatic carbocycles. The molecule has 0 spiro atoms. The molecule has 0 atom stereocenters. The summed E-state index contributed by atoms with van der Waals surface area (Å²) in [6.07, 6.45) is 2.65. The van der Waals surface area contributed by atoms with Gasteiger partial charge < -0.3 is 4.74 Å². The molecule has 152 valence electrons. The smallest absolute Gasteiger partial charge is 0.287 e.